The first-order valence-electron chi connectivity index (χ1n) is 14.2. The number of likely N-dealkylation sites (tertiary alicyclic amines) is 1. The van der Waals surface area contributed by atoms with Crippen LogP contribution in [0, 0.1) is 0 Å². The number of fused-ring (bicyclic) bond motifs is 1. The van der Waals surface area contributed by atoms with Crippen LogP contribution < -0.4 is 4.74 Å². The van der Waals surface area contributed by atoms with E-state index in [1.165, 1.54) is 12.1 Å². The molecule has 0 radical (unpaired) electrons. The lowest BCUT2D eigenvalue weighted by Crippen LogP contribution is -2.24. The van der Waals surface area contributed by atoms with Gasteiger partial charge in [0.2, 0.25) is 0 Å². The van der Waals surface area contributed by atoms with Crippen molar-refractivity contribution in [2.24, 2.45) is 0 Å². The molecular formula is C33H33F4NO4. The minimum Gasteiger partial charge on any atom is -0.489 e. The number of aryl methyl sites for hydroxylation is 1. The summed E-state index contributed by atoms with van der Waals surface area (Å²) >= 11 is 0. The molecule has 2 aromatic rings. The molecule has 1 fully saturated rings. The van der Waals surface area contributed by atoms with E-state index >= 15 is 0 Å². The molecule has 0 bridgehead atoms. The number of halogens is 4. The monoisotopic (exact) mass is 583 g/mol. The van der Waals surface area contributed by atoms with Crippen LogP contribution in [0.2, 0.25) is 0 Å². The van der Waals surface area contributed by atoms with Crippen molar-refractivity contribution >= 4 is 17.1 Å². The Bertz CT molecular complexity index is 1420. The van der Waals surface area contributed by atoms with Crippen LogP contribution in [0.4, 0.5) is 17.6 Å². The Morgan fingerprint density at radius 3 is 2.60 bits per heavy atom. The van der Waals surface area contributed by atoms with Gasteiger partial charge in [0, 0.05) is 19.6 Å². The Morgan fingerprint density at radius 1 is 1.05 bits per heavy atom. The van der Waals surface area contributed by atoms with Gasteiger partial charge in [0.25, 0.3) is 0 Å². The van der Waals surface area contributed by atoms with Crippen molar-refractivity contribution in [2.75, 3.05) is 26.3 Å². The lowest BCUT2D eigenvalue weighted by Gasteiger charge is -2.18. The number of carbonyl (C=O) groups is 1. The fourth-order valence-electron chi connectivity index (χ4n) is 5.85. The van der Waals surface area contributed by atoms with Crippen molar-refractivity contribution in [3.63, 3.8) is 0 Å². The highest BCUT2D eigenvalue weighted by Gasteiger charge is 2.31. The summed E-state index contributed by atoms with van der Waals surface area (Å²) in [5.74, 6) is -0.532. The second kappa shape index (κ2) is 13.0. The zero-order valence-electron chi connectivity index (χ0n) is 23.1. The number of hydrogen-bond acceptors (Lipinski definition) is 4. The van der Waals surface area contributed by atoms with Crippen molar-refractivity contribution < 1.29 is 36.9 Å². The molecule has 0 amide bonds. The van der Waals surface area contributed by atoms with E-state index in [4.69, 9.17) is 4.74 Å². The summed E-state index contributed by atoms with van der Waals surface area (Å²) in [5.41, 5.74) is 5.63. The second-order valence-electron chi connectivity index (χ2n) is 10.7. The van der Waals surface area contributed by atoms with Crippen molar-refractivity contribution in [3.8, 4) is 5.75 Å². The standard InChI is InChI=1S/C33H33F4NO4/c34-17-3-18-38-19-16-28(21-38)41-26-6-1-4-23(10-12-26)31-29(22-8-13-27(14-9-22)42-33(35,36)37)7-2-5-24-20-25(32(39)40)11-15-30(24)31/h4,6,8-15,20,28H,1-3,5,7,16-19,21H2,(H,39,40)/t28-/m0/s1. The van der Waals surface area contributed by atoms with Crippen LogP contribution in [-0.2, 0) is 11.2 Å². The van der Waals surface area contributed by atoms with Crippen LogP contribution in [0.1, 0.15) is 59.2 Å². The van der Waals surface area contributed by atoms with Gasteiger partial charge < -0.3 is 14.6 Å². The number of hydrogen-bond donors (Lipinski definition) is 1. The summed E-state index contributed by atoms with van der Waals surface area (Å²) in [6, 6.07) is 11.0. The van der Waals surface area contributed by atoms with Gasteiger partial charge in [-0.3, -0.25) is 9.29 Å². The molecule has 2 aromatic carbocycles. The van der Waals surface area contributed by atoms with Gasteiger partial charge in [0.15, 0.2) is 0 Å². The predicted molar refractivity (Wildman–Crippen MR) is 153 cm³/mol. The van der Waals surface area contributed by atoms with E-state index in [1.54, 1.807) is 24.3 Å². The molecule has 0 spiro atoms. The minimum absolute atomic E-state index is 0.0299. The smallest absolute Gasteiger partial charge is 0.489 e. The number of allylic oxidation sites excluding steroid dienone is 7. The summed E-state index contributed by atoms with van der Waals surface area (Å²) in [7, 11) is 0. The Hall–Kier alpha value is -3.85. The molecule has 0 saturated carbocycles. The van der Waals surface area contributed by atoms with Gasteiger partial charge in [-0.05, 0) is 108 Å². The lowest BCUT2D eigenvalue weighted by atomic mass is 9.86. The Kier molecular flexibility index (Phi) is 9.16. The van der Waals surface area contributed by atoms with Crippen LogP contribution in [0.25, 0.3) is 11.1 Å². The number of ether oxygens (including phenoxy) is 2. The molecule has 9 heteroatoms. The third-order valence-corrected chi connectivity index (χ3v) is 7.75. The molecule has 1 N–H and O–H groups in total. The van der Waals surface area contributed by atoms with Gasteiger partial charge >= 0.3 is 12.3 Å². The van der Waals surface area contributed by atoms with E-state index < -0.39 is 12.3 Å². The third-order valence-electron chi connectivity index (χ3n) is 7.75. The van der Waals surface area contributed by atoms with E-state index in [0.717, 1.165) is 71.6 Å². The summed E-state index contributed by atoms with van der Waals surface area (Å²) in [6.45, 7) is 2.03. The normalized spacial score (nSPS) is 19.5. The molecule has 0 unspecified atom stereocenters. The minimum atomic E-state index is -4.77. The van der Waals surface area contributed by atoms with Crippen LogP contribution in [0.3, 0.4) is 0 Å². The molecule has 1 atom stereocenters. The fourth-order valence-corrected chi connectivity index (χ4v) is 5.85. The Morgan fingerprint density at radius 2 is 1.86 bits per heavy atom. The highest BCUT2D eigenvalue weighted by Crippen LogP contribution is 2.42. The molecule has 222 valence electrons. The first-order chi connectivity index (χ1) is 20.2. The van der Waals surface area contributed by atoms with Crippen molar-refractivity contribution in [2.45, 2.75) is 51.0 Å². The summed E-state index contributed by atoms with van der Waals surface area (Å²) in [5, 5.41) is 9.58. The molecule has 0 aromatic heterocycles. The number of benzene rings is 2. The lowest BCUT2D eigenvalue weighted by molar-refractivity contribution is -0.274. The van der Waals surface area contributed by atoms with Gasteiger partial charge in [-0.25, -0.2) is 4.79 Å². The molecular weight excluding hydrogens is 550 g/mol. The number of nitrogens with zero attached hydrogens (tertiary/aromatic N) is 1. The van der Waals surface area contributed by atoms with E-state index in [-0.39, 0.29) is 24.1 Å². The first-order valence-corrected chi connectivity index (χ1v) is 14.2. The average Bonchev–Trinajstić information content (AvgIpc) is 3.15. The van der Waals surface area contributed by atoms with Crippen LogP contribution in [0.15, 0.2) is 78.1 Å². The molecule has 1 saturated heterocycles. The topological polar surface area (TPSA) is 59.0 Å². The maximum absolute atomic E-state index is 12.8. The summed E-state index contributed by atoms with van der Waals surface area (Å²) in [4.78, 5) is 13.9. The van der Waals surface area contributed by atoms with Crippen molar-refractivity contribution in [1.82, 2.24) is 4.90 Å². The second-order valence-corrected chi connectivity index (χ2v) is 10.7. The first kappa shape index (κ1) is 29.6. The van der Waals surface area contributed by atoms with Crippen molar-refractivity contribution in [3.05, 3.63) is 100 Å². The highest BCUT2D eigenvalue weighted by molar-refractivity contribution is 6.01. The van der Waals surface area contributed by atoms with Crippen LogP contribution in [-0.4, -0.2) is 54.8 Å². The Labute approximate surface area is 242 Å². The summed E-state index contributed by atoms with van der Waals surface area (Å²) < 4.78 is 61.2. The predicted octanol–water partition coefficient (Wildman–Crippen LogP) is 7.75. The molecule has 3 aliphatic rings. The molecule has 2 aliphatic carbocycles. The van der Waals surface area contributed by atoms with Gasteiger partial charge in [-0.1, -0.05) is 30.4 Å². The molecule has 1 aliphatic heterocycles. The van der Waals surface area contributed by atoms with E-state index in [2.05, 4.69) is 15.7 Å². The maximum atomic E-state index is 12.8. The SMILES string of the molecule is O=C(O)c1ccc2c(c1)CCCC(c1ccc(OC(F)(F)F)cc1)=C2C1=CCC=C(O[C@H]2CCN(CCCF)C2)C=C1. The van der Waals surface area contributed by atoms with Gasteiger partial charge in [-0.2, -0.15) is 0 Å². The molecule has 1 heterocycles. The fraction of sp³-hybridized carbons (Fsp3) is 0.364. The number of carboxylic acids is 1. The largest absolute Gasteiger partial charge is 0.573 e. The zero-order chi connectivity index (χ0) is 29.7. The Balaban J connectivity index is 1.47. The van der Waals surface area contributed by atoms with Crippen LogP contribution >= 0.6 is 0 Å². The van der Waals surface area contributed by atoms with E-state index in [1.807, 2.05) is 24.3 Å². The van der Waals surface area contributed by atoms with E-state index in [9.17, 15) is 27.5 Å². The quantitative estimate of drug-likeness (QED) is 0.306. The number of rotatable bonds is 9. The maximum Gasteiger partial charge on any atom is 0.573 e. The zero-order valence-corrected chi connectivity index (χ0v) is 23.1. The summed E-state index contributed by atoms with van der Waals surface area (Å²) in [6.07, 6.45) is 7.36. The van der Waals surface area contributed by atoms with Crippen molar-refractivity contribution in [1.29, 1.82) is 0 Å². The molecule has 42 heavy (non-hydrogen) atoms. The molecule has 5 nitrogen and oxygen atoms in total. The number of alkyl halides is 4. The average molecular weight is 584 g/mol. The highest BCUT2D eigenvalue weighted by atomic mass is 19.4. The van der Waals surface area contributed by atoms with Crippen LogP contribution in [0.5, 0.6) is 5.75 Å². The van der Waals surface area contributed by atoms with Gasteiger partial charge in [0.1, 0.15) is 17.6 Å². The number of carboxylic acid groups (broad SMARTS) is 1. The molecule has 5 rings (SSSR count). The van der Waals surface area contributed by atoms with Gasteiger partial charge in [-0.15, -0.1) is 13.2 Å². The third kappa shape index (κ3) is 7.31. The van der Waals surface area contributed by atoms with Gasteiger partial charge in [0.05, 0.1) is 12.2 Å². The number of aromatic carboxylic acids is 1. The van der Waals surface area contributed by atoms with E-state index in [0.29, 0.717) is 25.7 Å².